The topological polar surface area (TPSA) is 133 Å². The van der Waals surface area contributed by atoms with Crippen LogP contribution in [0.15, 0.2) is 41.7 Å². The van der Waals surface area contributed by atoms with E-state index in [1.165, 1.54) is 11.9 Å². The van der Waals surface area contributed by atoms with Gasteiger partial charge < -0.3 is 19.7 Å². The number of rotatable bonds is 6. The molecule has 0 saturated heterocycles. The number of carboxylic acids is 2. The summed E-state index contributed by atoms with van der Waals surface area (Å²) in [6, 6.07) is 7.64. The Morgan fingerprint density at radius 2 is 1.51 bits per heavy atom. The first kappa shape index (κ1) is 33.8. The number of carboxylic acid groups (broad SMARTS) is 2. The molecule has 1 aromatic heterocycles. The fourth-order valence-corrected chi connectivity index (χ4v) is 3.95. The van der Waals surface area contributed by atoms with Crippen molar-refractivity contribution in [3.8, 4) is 0 Å². The van der Waals surface area contributed by atoms with Crippen LogP contribution in [0.5, 0.6) is 0 Å². The smallest absolute Gasteiger partial charge is 0.475 e. The van der Waals surface area contributed by atoms with Crippen LogP contribution in [0, 0.1) is 0 Å². The monoisotopic (exact) mass is 590 g/mol. The highest BCUT2D eigenvalue weighted by Crippen LogP contribution is 2.25. The SMILES string of the molecule is CN(C)CCC1CN(Cc2ccc(S(C)(=O)=O)cc2)Cc2cncn21.O=C(O)C(F)(F)F.O=C(O)C(F)(F)F. The molecule has 10 nitrogen and oxygen atoms in total. The third kappa shape index (κ3) is 12.0. The molecule has 1 unspecified atom stereocenters. The number of fused-ring (bicyclic) bond motifs is 1. The van der Waals surface area contributed by atoms with E-state index in [2.05, 4.69) is 33.4 Å². The third-order valence-electron chi connectivity index (χ3n) is 5.15. The summed E-state index contributed by atoms with van der Waals surface area (Å²) < 4.78 is 88.9. The molecule has 39 heavy (non-hydrogen) atoms. The molecule has 2 aromatic rings. The molecule has 220 valence electrons. The van der Waals surface area contributed by atoms with Crippen molar-refractivity contribution in [3.63, 3.8) is 0 Å². The number of aliphatic carboxylic acids is 2. The largest absolute Gasteiger partial charge is 0.490 e. The fraction of sp³-hybridized carbons (Fsp3) is 0.500. The summed E-state index contributed by atoms with van der Waals surface area (Å²) in [5, 5.41) is 14.2. The Kier molecular flexibility index (Phi) is 11.9. The number of alkyl halides is 6. The van der Waals surface area contributed by atoms with Crippen LogP contribution >= 0.6 is 0 Å². The van der Waals surface area contributed by atoms with Gasteiger partial charge >= 0.3 is 24.3 Å². The van der Waals surface area contributed by atoms with Gasteiger partial charge in [-0.3, -0.25) is 4.90 Å². The molecule has 0 radical (unpaired) electrons. The standard InChI is InChI=1S/C18H26N4O2S.2C2HF3O2/c1-20(2)9-8-16-12-21(13-17-10-19-14-22(16)17)11-15-4-6-18(7-5-15)25(3,23)24;2*3-2(4,5)1(6)7/h4-7,10,14,16H,8-9,11-13H2,1-3H3;2*(H,6,7). The van der Waals surface area contributed by atoms with Crippen molar-refractivity contribution < 1.29 is 54.6 Å². The maximum atomic E-state index is 11.6. The van der Waals surface area contributed by atoms with Crippen molar-refractivity contribution in [2.75, 3.05) is 33.4 Å². The van der Waals surface area contributed by atoms with Crippen LogP contribution < -0.4 is 0 Å². The maximum Gasteiger partial charge on any atom is 0.490 e. The number of hydrogen-bond donors (Lipinski definition) is 2. The Morgan fingerprint density at radius 1 is 1.03 bits per heavy atom. The van der Waals surface area contributed by atoms with Gasteiger partial charge in [0.2, 0.25) is 0 Å². The molecule has 1 atom stereocenters. The van der Waals surface area contributed by atoms with Crippen molar-refractivity contribution in [2.24, 2.45) is 0 Å². The molecule has 0 amide bonds. The molecule has 17 heteroatoms. The molecule has 0 fully saturated rings. The van der Waals surface area contributed by atoms with E-state index in [0.717, 1.165) is 38.2 Å². The zero-order valence-corrected chi connectivity index (χ0v) is 21.9. The van der Waals surface area contributed by atoms with Crippen LogP contribution in [0.1, 0.15) is 23.7 Å². The molecular weight excluding hydrogens is 562 g/mol. The van der Waals surface area contributed by atoms with Crippen molar-refractivity contribution in [1.29, 1.82) is 0 Å². The van der Waals surface area contributed by atoms with E-state index in [1.54, 1.807) is 12.1 Å². The van der Waals surface area contributed by atoms with E-state index in [4.69, 9.17) is 19.8 Å². The predicted molar refractivity (Wildman–Crippen MR) is 125 cm³/mol. The number of nitrogens with zero attached hydrogens (tertiary/aromatic N) is 4. The molecule has 0 saturated carbocycles. The Morgan fingerprint density at radius 3 is 1.92 bits per heavy atom. The lowest BCUT2D eigenvalue weighted by atomic mass is 10.1. The van der Waals surface area contributed by atoms with Gasteiger partial charge in [-0.1, -0.05) is 12.1 Å². The number of halogens is 6. The number of hydrogen-bond acceptors (Lipinski definition) is 7. The van der Waals surface area contributed by atoms with Gasteiger partial charge in [0, 0.05) is 38.1 Å². The van der Waals surface area contributed by atoms with Gasteiger partial charge in [0.25, 0.3) is 0 Å². The fourth-order valence-electron chi connectivity index (χ4n) is 3.32. The van der Waals surface area contributed by atoms with Gasteiger partial charge in [0.1, 0.15) is 0 Å². The average Bonchev–Trinajstić information content (AvgIpc) is 3.25. The Labute approximate surface area is 220 Å². The van der Waals surface area contributed by atoms with Crippen molar-refractivity contribution in [2.45, 2.75) is 42.8 Å². The Balaban J connectivity index is 0.000000449. The summed E-state index contributed by atoms with van der Waals surface area (Å²) >= 11 is 0. The summed E-state index contributed by atoms with van der Waals surface area (Å²) in [6.45, 7) is 3.70. The summed E-state index contributed by atoms with van der Waals surface area (Å²) in [5.74, 6) is -5.51. The number of sulfone groups is 1. The third-order valence-corrected chi connectivity index (χ3v) is 6.27. The van der Waals surface area contributed by atoms with Crippen LogP contribution in [0.4, 0.5) is 26.3 Å². The number of benzene rings is 1. The molecule has 0 bridgehead atoms. The minimum absolute atomic E-state index is 0.372. The Bertz CT molecular complexity index is 1170. The summed E-state index contributed by atoms with van der Waals surface area (Å²) in [7, 11) is 1.05. The first-order valence-corrected chi connectivity index (χ1v) is 12.9. The predicted octanol–water partition coefficient (Wildman–Crippen LogP) is 3.06. The minimum atomic E-state index is -5.08. The summed E-state index contributed by atoms with van der Waals surface area (Å²) in [4.78, 5) is 27.1. The quantitative estimate of drug-likeness (QED) is 0.487. The van der Waals surface area contributed by atoms with Crippen LogP contribution in [-0.2, 0) is 32.5 Å². The van der Waals surface area contributed by atoms with E-state index in [-0.39, 0.29) is 0 Å². The number of aromatic nitrogens is 2. The zero-order valence-electron chi connectivity index (χ0n) is 21.1. The Hall–Kier alpha value is -3.18. The second-order valence-corrected chi connectivity index (χ2v) is 10.7. The van der Waals surface area contributed by atoms with Gasteiger partial charge in [-0.2, -0.15) is 26.3 Å². The van der Waals surface area contributed by atoms with E-state index >= 15 is 0 Å². The molecule has 1 aromatic carbocycles. The molecule has 3 rings (SSSR count). The number of imidazole rings is 1. The number of carbonyl (C=O) groups is 2. The summed E-state index contributed by atoms with van der Waals surface area (Å²) in [6.07, 6.45) is -3.96. The van der Waals surface area contributed by atoms with Gasteiger partial charge in [-0.05, 0) is 44.8 Å². The maximum absolute atomic E-state index is 11.6. The molecule has 2 heterocycles. The lowest BCUT2D eigenvalue weighted by Gasteiger charge is -2.35. The first-order chi connectivity index (χ1) is 17.7. The second-order valence-electron chi connectivity index (χ2n) is 8.73. The molecule has 0 spiro atoms. The van der Waals surface area contributed by atoms with Gasteiger partial charge in [0.15, 0.2) is 9.84 Å². The van der Waals surface area contributed by atoms with Crippen LogP contribution in [-0.4, -0.2) is 95.7 Å². The van der Waals surface area contributed by atoms with Crippen molar-refractivity contribution in [1.82, 2.24) is 19.4 Å². The highest BCUT2D eigenvalue weighted by atomic mass is 32.2. The lowest BCUT2D eigenvalue weighted by Crippen LogP contribution is -2.37. The highest BCUT2D eigenvalue weighted by molar-refractivity contribution is 7.90. The molecule has 1 aliphatic rings. The van der Waals surface area contributed by atoms with Crippen molar-refractivity contribution >= 4 is 21.8 Å². The molecule has 2 N–H and O–H groups in total. The van der Waals surface area contributed by atoms with Gasteiger partial charge in [-0.15, -0.1) is 0 Å². The van der Waals surface area contributed by atoms with E-state index in [0.29, 0.717) is 10.9 Å². The van der Waals surface area contributed by atoms with E-state index in [9.17, 15) is 34.8 Å². The van der Waals surface area contributed by atoms with Crippen LogP contribution in [0.3, 0.4) is 0 Å². The molecule has 0 aliphatic carbocycles. The van der Waals surface area contributed by atoms with E-state index < -0.39 is 34.1 Å². The van der Waals surface area contributed by atoms with Gasteiger partial charge in [0.05, 0.1) is 16.9 Å². The summed E-state index contributed by atoms with van der Waals surface area (Å²) in [5.41, 5.74) is 2.37. The first-order valence-electron chi connectivity index (χ1n) is 11.0. The molecular formula is C22H28F6N4O6S. The van der Waals surface area contributed by atoms with Crippen LogP contribution in [0.2, 0.25) is 0 Å². The second kappa shape index (κ2) is 13.7. The molecule has 1 aliphatic heterocycles. The van der Waals surface area contributed by atoms with Gasteiger partial charge in [-0.25, -0.2) is 23.0 Å². The zero-order chi connectivity index (χ0) is 30.2. The van der Waals surface area contributed by atoms with Crippen LogP contribution in [0.25, 0.3) is 0 Å². The normalized spacial score (nSPS) is 15.9. The minimum Gasteiger partial charge on any atom is -0.475 e. The average molecular weight is 591 g/mol. The van der Waals surface area contributed by atoms with E-state index in [1.807, 2.05) is 24.7 Å². The highest BCUT2D eigenvalue weighted by Gasteiger charge is 2.38. The van der Waals surface area contributed by atoms with Crippen molar-refractivity contribution in [3.05, 3.63) is 48.0 Å². The lowest BCUT2D eigenvalue weighted by molar-refractivity contribution is -0.193.